The first-order valence-corrected chi connectivity index (χ1v) is 9.29. The summed E-state index contributed by atoms with van der Waals surface area (Å²) in [5.41, 5.74) is 0. The van der Waals surface area contributed by atoms with Gasteiger partial charge >= 0.3 is 0 Å². The van der Waals surface area contributed by atoms with Crippen LogP contribution in [0, 0.1) is 0 Å². The molecule has 0 spiro atoms. The molecule has 0 aliphatic carbocycles. The van der Waals surface area contributed by atoms with Crippen LogP contribution in [0.3, 0.4) is 0 Å². The van der Waals surface area contributed by atoms with Gasteiger partial charge in [-0.25, -0.2) is 8.42 Å². The molecule has 0 saturated carbocycles. The number of nitrogens with one attached hydrogen (secondary N) is 1. The fraction of sp³-hybridized carbons (Fsp3) is 0.538. The zero-order valence-corrected chi connectivity index (χ0v) is 14.0. The average Bonchev–Trinajstić information content (AvgIpc) is 2.67. The predicted molar refractivity (Wildman–Crippen MR) is 82.5 cm³/mol. The number of rotatable bonds is 2. The minimum atomic E-state index is -3.51. The van der Waals surface area contributed by atoms with E-state index in [1.807, 2.05) is 0 Å². The van der Waals surface area contributed by atoms with Crippen LogP contribution in [0.2, 0.25) is 5.02 Å². The van der Waals surface area contributed by atoms with Gasteiger partial charge in [0.05, 0.1) is 5.02 Å². The van der Waals surface area contributed by atoms with E-state index in [2.05, 4.69) is 21.2 Å². The summed E-state index contributed by atoms with van der Waals surface area (Å²) in [7, 11) is -3.51. The topological polar surface area (TPSA) is 49.4 Å². The lowest BCUT2D eigenvalue weighted by Gasteiger charge is -2.24. The van der Waals surface area contributed by atoms with E-state index in [9.17, 15) is 8.42 Å². The maximum atomic E-state index is 12.7. The summed E-state index contributed by atoms with van der Waals surface area (Å²) < 4.78 is 27.8. The van der Waals surface area contributed by atoms with Crippen molar-refractivity contribution in [2.75, 3.05) is 13.1 Å². The molecule has 0 aromatic heterocycles. The van der Waals surface area contributed by atoms with E-state index in [1.165, 1.54) is 0 Å². The Hall–Kier alpha value is -0.140. The van der Waals surface area contributed by atoms with Gasteiger partial charge < -0.3 is 5.32 Å². The number of sulfonamides is 1. The molecule has 2 heterocycles. The molecule has 2 fully saturated rings. The molecule has 0 amide bonds. The molecule has 3 rings (SSSR count). The molecule has 0 radical (unpaired) electrons. The number of halogens is 2. The Morgan fingerprint density at radius 3 is 2.75 bits per heavy atom. The van der Waals surface area contributed by atoms with Crippen LogP contribution in [0.5, 0.6) is 0 Å². The zero-order valence-electron chi connectivity index (χ0n) is 10.9. The van der Waals surface area contributed by atoms with Crippen molar-refractivity contribution in [2.24, 2.45) is 0 Å². The van der Waals surface area contributed by atoms with Crippen molar-refractivity contribution >= 4 is 37.6 Å². The molecule has 1 N–H and O–H groups in total. The van der Waals surface area contributed by atoms with Gasteiger partial charge in [-0.1, -0.05) is 27.5 Å². The number of hydrogen-bond donors (Lipinski definition) is 1. The van der Waals surface area contributed by atoms with Crippen LogP contribution in [-0.2, 0) is 10.0 Å². The summed E-state index contributed by atoms with van der Waals surface area (Å²) in [4.78, 5) is 0.195. The fourth-order valence-electron chi connectivity index (χ4n) is 2.95. The highest BCUT2D eigenvalue weighted by molar-refractivity contribution is 9.10. The summed E-state index contributed by atoms with van der Waals surface area (Å²) in [6.45, 7) is 1.09. The Morgan fingerprint density at radius 1 is 1.25 bits per heavy atom. The van der Waals surface area contributed by atoms with Crippen molar-refractivity contribution in [2.45, 2.75) is 36.2 Å². The largest absolute Gasteiger partial charge is 0.310 e. The smallest absolute Gasteiger partial charge is 0.244 e. The van der Waals surface area contributed by atoms with Crippen molar-refractivity contribution in [1.29, 1.82) is 0 Å². The molecule has 2 saturated heterocycles. The van der Waals surface area contributed by atoms with Crippen molar-refractivity contribution in [3.8, 4) is 0 Å². The Balaban J connectivity index is 1.91. The van der Waals surface area contributed by atoms with Crippen molar-refractivity contribution in [3.63, 3.8) is 0 Å². The van der Waals surface area contributed by atoms with Gasteiger partial charge in [-0.2, -0.15) is 4.31 Å². The molecule has 2 atom stereocenters. The van der Waals surface area contributed by atoms with Gasteiger partial charge in [0, 0.05) is 29.6 Å². The highest BCUT2D eigenvalue weighted by atomic mass is 79.9. The third-order valence-corrected chi connectivity index (χ3v) is 6.84. The van der Waals surface area contributed by atoms with Crippen LogP contribution in [0.4, 0.5) is 0 Å². The fourth-order valence-corrected chi connectivity index (χ4v) is 5.46. The average molecular weight is 380 g/mol. The van der Waals surface area contributed by atoms with Gasteiger partial charge in [0.25, 0.3) is 0 Å². The first kappa shape index (κ1) is 14.8. The summed E-state index contributed by atoms with van der Waals surface area (Å²) in [5.74, 6) is 0. The van der Waals surface area contributed by atoms with E-state index in [0.29, 0.717) is 19.1 Å². The Labute approximate surface area is 132 Å². The van der Waals surface area contributed by atoms with Gasteiger partial charge in [0.1, 0.15) is 4.90 Å². The molecule has 2 aliphatic rings. The first-order valence-electron chi connectivity index (χ1n) is 6.68. The van der Waals surface area contributed by atoms with Gasteiger partial charge in [0.15, 0.2) is 0 Å². The van der Waals surface area contributed by atoms with E-state index in [-0.39, 0.29) is 16.0 Å². The van der Waals surface area contributed by atoms with Crippen LogP contribution in [0.25, 0.3) is 0 Å². The molecule has 2 bridgehead atoms. The third-order valence-electron chi connectivity index (χ3n) is 4.00. The molecular weight excluding hydrogens is 364 g/mol. The van der Waals surface area contributed by atoms with E-state index in [4.69, 9.17) is 11.6 Å². The molecule has 4 nitrogen and oxygen atoms in total. The summed E-state index contributed by atoms with van der Waals surface area (Å²) >= 11 is 9.40. The standard InChI is InChI=1S/C13H16BrClN2O2S/c14-9-1-4-13(12(15)7-9)20(18,19)17-6-5-10-2-3-11(8-17)16-10/h1,4,7,10-11,16H,2-3,5-6,8H2. The maximum absolute atomic E-state index is 12.7. The van der Waals surface area contributed by atoms with Crippen LogP contribution in [0.15, 0.2) is 27.6 Å². The minimum absolute atomic E-state index is 0.195. The molecule has 1 aromatic rings. The Kier molecular flexibility index (Phi) is 4.12. The van der Waals surface area contributed by atoms with E-state index in [1.54, 1.807) is 22.5 Å². The zero-order chi connectivity index (χ0) is 14.3. The summed E-state index contributed by atoms with van der Waals surface area (Å²) in [6, 6.07) is 5.63. The molecule has 2 unspecified atom stereocenters. The highest BCUT2D eigenvalue weighted by Gasteiger charge is 2.35. The Morgan fingerprint density at radius 2 is 2.00 bits per heavy atom. The quantitative estimate of drug-likeness (QED) is 0.859. The summed E-state index contributed by atoms with van der Waals surface area (Å²) in [6.07, 6.45) is 3.06. The highest BCUT2D eigenvalue weighted by Crippen LogP contribution is 2.30. The van der Waals surface area contributed by atoms with Gasteiger partial charge in [0.2, 0.25) is 10.0 Å². The Bertz CT molecular complexity index is 623. The number of fused-ring (bicyclic) bond motifs is 2. The van der Waals surface area contributed by atoms with Gasteiger partial charge in [-0.05, 0) is 37.5 Å². The van der Waals surface area contributed by atoms with Crippen LogP contribution < -0.4 is 5.32 Å². The second-order valence-corrected chi connectivity index (χ2v) is 8.59. The monoisotopic (exact) mass is 378 g/mol. The molecule has 1 aromatic carbocycles. The first-order chi connectivity index (χ1) is 9.46. The number of benzene rings is 1. The van der Waals surface area contributed by atoms with Crippen LogP contribution in [0.1, 0.15) is 19.3 Å². The SMILES string of the molecule is O=S(=O)(c1ccc(Br)cc1Cl)N1CCC2CCC(C1)N2. The van der Waals surface area contributed by atoms with Crippen molar-refractivity contribution in [3.05, 3.63) is 27.7 Å². The molecule has 7 heteroatoms. The number of nitrogens with zero attached hydrogens (tertiary/aromatic N) is 1. The summed E-state index contributed by atoms with van der Waals surface area (Å²) in [5, 5.41) is 3.75. The van der Waals surface area contributed by atoms with Gasteiger partial charge in [-0.15, -0.1) is 0 Å². The number of hydrogen-bond acceptors (Lipinski definition) is 3. The molecule has 20 heavy (non-hydrogen) atoms. The molecular formula is C13H16BrClN2O2S. The second-order valence-electron chi connectivity index (χ2n) is 5.36. The molecule has 110 valence electrons. The van der Waals surface area contributed by atoms with Gasteiger partial charge in [-0.3, -0.25) is 0 Å². The second kappa shape index (κ2) is 5.57. The lowest BCUT2D eigenvalue weighted by Crippen LogP contribution is -2.39. The van der Waals surface area contributed by atoms with E-state index < -0.39 is 10.0 Å². The lowest BCUT2D eigenvalue weighted by atomic mass is 10.1. The van der Waals surface area contributed by atoms with Crippen molar-refractivity contribution < 1.29 is 8.42 Å². The normalized spacial score (nSPS) is 27.5. The lowest BCUT2D eigenvalue weighted by molar-refractivity contribution is 0.383. The van der Waals surface area contributed by atoms with E-state index in [0.717, 1.165) is 23.7 Å². The minimum Gasteiger partial charge on any atom is -0.310 e. The van der Waals surface area contributed by atoms with Crippen LogP contribution >= 0.6 is 27.5 Å². The van der Waals surface area contributed by atoms with Crippen molar-refractivity contribution in [1.82, 2.24) is 9.62 Å². The maximum Gasteiger partial charge on any atom is 0.244 e. The van der Waals surface area contributed by atoms with Crippen LogP contribution in [-0.4, -0.2) is 37.9 Å². The third kappa shape index (κ3) is 2.76. The predicted octanol–water partition coefficient (Wildman–Crippen LogP) is 2.62. The molecule has 2 aliphatic heterocycles. The van der Waals surface area contributed by atoms with E-state index >= 15 is 0 Å².